The number of hydrogen-bond acceptors (Lipinski definition) is 0. The van der Waals surface area contributed by atoms with E-state index in [2.05, 4.69) is 52.0 Å². The lowest BCUT2D eigenvalue weighted by atomic mass is 9.92. The summed E-state index contributed by atoms with van der Waals surface area (Å²) in [4.78, 5) is 0. The van der Waals surface area contributed by atoms with Crippen molar-refractivity contribution in [3.63, 3.8) is 0 Å². The van der Waals surface area contributed by atoms with Crippen molar-refractivity contribution < 1.29 is 0 Å². The minimum absolute atomic E-state index is 0.445. The number of unbranched alkanes of at least 4 members (excludes halogenated alkanes) is 3. The fourth-order valence-corrected chi connectivity index (χ4v) is 1.36. The average molecular weight is 208 g/mol. The van der Waals surface area contributed by atoms with Crippen molar-refractivity contribution in [1.29, 1.82) is 0 Å². The summed E-state index contributed by atoms with van der Waals surface area (Å²) in [6.45, 7) is 9.04. The van der Waals surface area contributed by atoms with Crippen molar-refractivity contribution in [3.05, 3.63) is 24.3 Å². The zero-order valence-electron chi connectivity index (χ0n) is 11.1. The molecular formula is C15H28. The summed E-state index contributed by atoms with van der Waals surface area (Å²) in [5.41, 5.74) is 0.445. The van der Waals surface area contributed by atoms with E-state index in [4.69, 9.17) is 0 Å². The molecule has 15 heavy (non-hydrogen) atoms. The van der Waals surface area contributed by atoms with E-state index in [9.17, 15) is 0 Å². The molecular weight excluding hydrogens is 180 g/mol. The van der Waals surface area contributed by atoms with Crippen LogP contribution >= 0.6 is 0 Å². The van der Waals surface area contributed by atoms with Crippen molar-refractivity contribution in [3.8, 4) is 0 Å². The van der Waals surface area contributed by atoms with Gasteiger partial charge in [0.1, 0.15) is 0 Å². The Labute approximate surface area is 96.5 Å². The Morgan fingerprint density at radius 2 is 1.33 bits per heavy atom. The average Bonchev–Trinajstić information content (AvgIpc) is 2.14. The highest BCUT2D eigenvalue weighted by Gasteiger charge is 2.05. The molecule has 0 aliphatic rings. The molecule has 0 aliphatic heterocycles. The van der Waals surface area contributed by atoms with E-state index >= 15 is 0 Å². The summed E-state index contributed by atoms with van der Waals surface area (Å²) in [5.74, 6) is 0. The second kappa shape index (κ2) is 8.76. The highest BCUT2D eigenvalue weighted by molar-refractivity contribution is 4.86. The van der Waals surface area contributed by atoms with E-state index in [1.54, 1.807) is 0 Å². The SMILES string of the molecule is CC/C=C\CCCC/C=C\CC(C)(C)C. The van der Waals surface area contributed by atoms with Gasteiger partial charge in [-0.25, -0.2) is 0 Å². The third kappa shape index (κ3) is 13.5. The minimum atomic E-state index is 0.445. The lowest BCUT2D eigenvalue weighted by molar-refractivity contribution is 0.420. The predicted molar refractivity (Wildman–Crippen MR) is 71.1 cm³/mol. The third-order valence-electron chi connectivity index (χ3n) is 2.29. The van der Waals surface area contributed by atoms with E-state index in [1.165, 1.54) is 38.5 Å². The summed E-state index contributed by atoms with van der Waals surface area (Å²) in [6, 6.07) is 0. The third-order valence-corrected chi connectivity index (χ3v) is 2.29. The van der Waals surface area contributed by atoms with Crippen LogP contribution in [0, 0.1) is 5.41 Å². The monoisotopic (exact) mass is 208 g/mol. The zero-order chi connectivity index (χ0) is 11.6. The zero-order valence-corrected chi connectivity index (χ0v) is 11.1. The molecule has 0 radical (unpaired) electrons. The molecule has 0 saturated carbocycles. The lowest BCUT2D eigenvalue weighted by Crippen LogP contribution is -2.01. The maximum atomic E-state index is 2.34. The van der Waals surface area contributed by atoms with Gasteiger partial charge in [-0.1, -0.05) is 52.0 Å². The first-order chi connectivity index (χ1) is 7.06. The van der Waals surface area contributed by atoms with Crippen molar-refractivity contribution >= 4 is 0 Å². The van der Waals surface area contributed by atoms with Gasteiger partial charge in [0.05, 0.1) is 0 Å². The van der Waals surface area contributed by atoms with Crippen LogP contribution in [-0.2, 0) is 0 Å². The molecule has 0 atom stereocenters. The summed E-state index contributed by atoms with van der Waals surface area (Å²) >= 11 is 0. The Balaban J connectivity index is 3.27. The molecule has 0 bridgehead atoms. The fraction of sp³-hybridized carbons (Fsp3) is 0.733. The van der Waals surface area contributed by atoms with Gasteiger partial charge in [-0.3, -0.25) is 0 Å². The van der Waals surface area contributed by atoms with Crippen molar-refractivity contribution in [1.82, 2.24) is 0 Å². The highest BCUT2D eigenvalue weighted by atomic mass is 14.1. The normalized spacial score (nSPS) is 13.1. The number of hydrogen-bond donors (Lipinski definition) is 0. The maximum Gasteiger partial charge on any atom is -0.0302 e. The van der Waals surface area contributed by atoms with Crippen LogP contribution in [0.25, 0.3) is 0 Å². The van der Waals surface area contributed by atoms with Gasteiger partial charge < -0.3 is 0 Å². The molecule has 0 heterocycles. The Morgan fingerprint density at radius 1 is 0.800 bits per heavy atom. The van der Waals surface area contributed by atoms with Crippen LogP contribution < -0.4 is 0 Å². The fourth-order valence-electron chi connectivity index (χ4n) is 1.36. The van der Waals surface area contributed by atoms with Crippen LogP contribution in [0.1, 0.15) is 66.2 Å². The second-order valence-corrected chi connectivity index (χ2v) is 5.40. The smallest absolute Gasteiger partial charge is 0.0302 e. The Kier molecular flexibility index (Phi) is 8.46. The molecule has 0 N–H and O–H groups in total. The molecule has 0 aromatic heterocycles. The van der Waals surface area contributed by atoms with Crippen molar-refractivity contribution in [2.24, 2.45) is 5.41 Å². The van der Waals surface area contributed by atoms with Crippen LogP contribution in [0.15, 0.2) is 24.3 Å². The summed E-state index contributed by atoms with van der Waals surface area (Å²) in [5, 5.41) is 0. The van der Waals surface area contributed by atoms with Gasteiger partial charge >= 0.3 is 0 Å². The lowest BCUT2D eigenvalue weighted by Gasteiger charge is -2.14. The molecule has 0 rings (SSSR count). The van der Waals surface area contributed by atoms with Gasteiger partial charge in [-0.15, -0.1) is 0 Å². The van der Waals surface area contributed by atoms with Crippen LogP contribution in [-0.4, -0.2) is 0 Å². The van der Waals surface area contributed by atoms with Gasteiger partial charge in [-0.2, -0.15) is 0 Å². The van der Waals surface area contributed by atoms with Gasteiger partial charge in [0.15, 0.2) is 0 Å². The molecule has 0 aliphatic carbocycles. The molecule has 0 amide bonds. The molecule has 0 spiro atoms. The maximum absolute atomic E-state index is 2.34. The summed E-state index contributed by atoms with van der Waals surface area (Å²) in [7, 11) is 0. The minimum Gasteiger partial charge on any atom is -0.0888 e. The van der Waals surface area contributed by atoms with Crippen LogP contribution in [0.3, 0.4) is 0 Å². The molecule has 0 aromatic carbocycles. The van der Waals surface area contributed by atoms with Gasteiger partial charge in [0.25, 0.3) is 0 Å². The first kappa shape index (κ1) is 14.5. The predicted octanol–water partition coefficient (Wildman–Crippen LogP) is 5.51. The van der Waals surface area contributed by atoms with Gasteiger partial charge in [0.2, 0.25) is 0 Å². The topological polar surface area (TPSA) is 0 Å². The number of rotatable bonds is 7. The highest BCUT2D eigenvalue weighted by Crippen LogP contribution is 2.18. The molecule has 0 heteroatoms. The van der Waals surface area contributed by atoms with Crippen molar-refractivity contribution in [2.45, 2.75) is 66.2 Å². The van der Waals surface area contributed by atoms with Gasteiger partial charge in [0, 0.05) is 0 Å². The molecule has 88 valence electrons. The largest absolute Gasteiger partial charge is 0.0888 e. The number of allylic oxidation sites excluding steroid dienone is 4. The van der Waals surface area contributed by atoms with E-state index in [1.807, 2.05) is 0 Å². The van der Waals surface area contributed by atoms with E-state index in [0.717, 1.165) is 0 Å². The standard InChI is InChI=1S/C15H28/c1-5-6-7-8-9-10-11-12-13-14-15(2,3)4/h6-7,12-13H,5,8-11,14H2,1-4H3/b7-6-,13-12-. The van der Waals surface area contributed by atoms with Crippen molar-refractivity contribution in [2.75, 3.05) is 0 Å². The Morgan fingerprint density at radius 3 is 1.80 bits per heavy atom. The quantitative estimate of drug-likeness (QED) is 0.382. The van der Waals surface area contributed by atoms with Crippen LogP contribution in [0.4, 0.5) is 0 Å². The molecule has 0 saturated heterocycles. The first-order valence-corrected chi connectivity index (χ1v) is 6.36. The second-order valence-electron chi connectivity index (χ2n) is 5.40. The van der Waals surface area contributed by atoms with Gasteiger partial charge in [-0.05, 0) is 43.9 Å². The first-order valence-electron chi connectivity index (χ1n) is 6.36. The van der Waals surface area contributed by atoms with Crippen LogP contribution in [0.2, 0.25) is 0 Å². The summed E-state index contributed by atoms with van der Waals surface area (Å²) < 4.78 is 0. The van der Waals surface area contributed by atoms with E-state index in [0.29, 0.717) is 5.41 Å². The molecule has 0 aromatic rings. The Bertz CT molecular complexity index is 179. The molecule has 0 unspecified atom stereocenters. The van der Waals surface area contributed by atoms with E-state index < -0.39 is 0 Å². The Hall–Kier alpha value is -0.520. The van der Waals surface area contributed by atoms with Crippen LogP contribution in [0.5, 0.6) is 0 Å². The summed E-state index contributed by atoms with van der Waals surface area (Å²) in [6.07, 6.45) is 16.8. The molecule has 0 fully saturated rings. The molecule has 0 nitrogen and oxygen atoms in total. The van der Waals surface area contributed by atoms with E-state index in [-0.39, 0.29) is 0 Å².